The van der Waals surface area contributed by atoms with E-state index in [1.165, 1.54) is 44.9 Å². The van der Waals surface area contributed by atoms with Crippen LogP contribution in [-0.4, -0.2) is 14.4 Å². The van der Waals surface area contributed by atoms with Crippen LogP contribution < -0.4 is 0 Å². The molecule has 2 aliphatic rings. The highest BCUT2D eigenvalue weighted by molar-refractivity contribution is 6.69. The van der Waals surface area contributed by atoms with E-state index in [-0.39, 0.29) is 0 Å². The van der Waals surface area contributed by atoms with Gasteiger partial charge in [0.1, 0.15) is 0 Å². The molecule has 2 aliphatic carbocycles. The maximum Gasteiger partial charge on any atom is 0.184 e. The summed E-state index contributed by atoms with van der Waals surface area (Å²) in [6.45, 7) is 10.9. The van der Waals surface area contributed by atoms with Crippen molar-refractivity contribution in [3.05, 3.63) is 24.8 Å². The minimum Gasteiger partial charge on any atom is -0.414 e. The molecule has 2 saturated carbocycles. The largest absolute Gasteiger partial charge is 0.414 e. The molecule has 0 unspecified atom stereocenters. The molecule has 1 nitrogen and oxygen atoms in total. The van der Waals surface area contributed by atoms with Crippen molar-refractivity contribution < 1.29 is 4.43 Å². The van der Waals surface area contributed by atoms with Crippen LogP contribution in [0.2, 0.25) is 19.6 Å². The van der Waals surface area contributed by atoms with Gasteiger partial charge in [-0.2, -0.15) is 0 Å². The molecule has 0 aliphatic heterocycles. The molecule has 114 valence electrons. The Bertz CT molecular complexity index is 336. The summed E-state index contributed by atoms with van der Waals surface area (Å²) in [4.78, 5) is 0. The third-order valence-electron chi connectivity index (χ3n) is 4.75. The lowest BCUT2D eigenvalue weighted by atomic mass is 9.88. The maximum absolute atomic E-state index is 6.47. The zero-order chi connectivity index (χ0) is 14.6. The minimum absolute atomic E-state index is 0.388. The predicted octanol–water partition coefficient (Wildman–Crippen LogP) is 5.56. The van der Waals surface area contributed by atoms with E-state index in [9.17, 15) is 0 Å². The van der Waals surface area contributed by atoms with Crippen LogP contribution in [0.15, 0.2) is 24.8 Å². The van der Waals surface area contributed by atoms with Crippen LogP contribution in [0.1, 0.15) is 44.9 Å². The summed E-state index contributed by atoms with van der Waals surface area (Å²) in [5.41, 5.74) is 0. The lowest BCUT2D eigenvalue weighted by Gasteiger charge is -2.30. The van der Waals surface area contributed by atoms with Gasteiger partial charge in [0.2, 0.25) is 0 Å². The third-order valence-corrected chi connectivity index (χ3v) is 5.73. The third kappa shape index (κ3) is 4.59. The smallest absolute Gasteiger partial charge is 0.184 e. The molecule has 0 N–H and O–H groups in total. The molecule has 20 heavy (non-hydrogen) atoms. The van der Waals surface area contributed by atoms with Crippen LogP contribution in [-0.2, 0) is 4.43 Å². The Hall–Kier alpha value is -0.343. The average Bonchev–Trinajstić information content (AvgIpc) is 2.77. The van der Waals surface area contributed by atoms with Crippen molar-refractivity contribution in [3.8, 4) is 0 Å². The van der Waals surface area contributed by atoms with Crippen molar-refractivity contribution in [1.82, 2.24) is 0 Å². The molecule has 0 spiro atoms. The Balaban J connectivity index is 1.97. The molecule has 0 heterocycles. The number of rotatable bonds is 5. The molecule has 0 radical (unpaired) electrons. The summed E-state index contributed by atoms with van der Waals surface area (Å²) in [5.74, 6) is 2.01. The first-order valence-corrected chi connectivity index (χ1v) is 11.9. The fraction of sp³-hybridized carbons (Fsp3) is 0.778. The van der Waals surface area contributed by atoms with Gasteiger partial charge in [-0.05, 0) is 51.2 Å². The van der Waals surface area contributed by atoms with Crippen molar-refractivity contribution >= 4 is 8.32 Å². The van der Waals surface area contributed by atoms with Crippen molar-refractivity contribution in [2.24, 2.45) is 17.8 Å². The SMILES string of the molecule is C=C[C@H]1CC[C@@H](/C=C/C2CCCCC2)[C@H]1O[Si](C)(C)C. The van der Waals surface area contributed by atoms with Gasteiger partial charge in [-0.3, -0.25) is 0 Å². The predicted molar refractivity (Wildman–Crippen MR) is 90.3 cm³/mol. The van der Waals surface area contributed by atoms with Crippen LogP contribution in [0.4, 0.5) is 0 Å². The van der Waals surface area contributed by atoms with Crippen LogP contribution in [0.5, 0.6) is 0 Å². The van der Waals surface area contributed by atoms with E-state index < -0.39 is 8.32 Å². The molecule has 2 rings (SSSR count). The highest BCUT2D eigenvalue weighted by atomic mass is 28.4. The first-order chi connectivity index (χ1) is 9.49. The zero-order valence-corrected chi connectivity index (χ0v) is 14.6. The van der Waals surface area contributed by atoms with Crippen LogP contribution >= 0.6 is 0 Å². The Morgan fingerprint density at radius 1 is 0.900 bits per heavy atom. The molecule has 0 amide bonds. The fourth-order valence-electron chi connectivity index (χ4n) is 3.70. The minimum atomic E-state index is -1.47. The normalized spacial score (nSPS) is 32.9. The molecule has 3 atom stereocenters. The molecular weight excluding hydrogens is 260 g/mol. The van der Waals surface area contributed by atoms with Crippen LogP contribution in [0.3, 0.4) is 0 Å². The summed E-state index contributed by atoms with van der Waals surface area (Å²) in [6, 6.07) is 0. The van der Waals surface area contributed by atoms with E-state index in [0.29, 0.717) is 17.9 Å². The summed E-state index contributed by atoms with van der Waals surface area (Å²) >= 11 is 0. The highest BCUT2D eigenvalue weighted by Gasteiger charge is 2.36. The van der Waals surface area contributed by atoms with Gasteiger partial charge in [0.25, 0.3) is 0 Å². The van der Waals surface area contributed by atoms with Crippen molar-refractivity contribution in [2.45, 2.75) is 70.7 Å². The molecule has 0 aromatic carbocycles. The Kier molecular flexibility index (Phi) is 5.68. The Morgan fingerprint density at radius 2 is 1.55 bits per heavy atom. The number of hydrogen-bond donors (Lipinski definition) is 0. The van der Waals surface area contributed by atoms with Crippen molar-refractivity contribution in [3.63, 3.8) is 0 Å². The molecule has 2 heteroatoms. The molecule has 0 aromatic heterocycles. The van der Waals surface area contributed by atoms with Crippen molar-refractivity contribution in [1.29, 1.82) is 0 Å². The van der Waals surface area contributed by atoms with E-state index in [1.54, 1.807) is 0 Å². The summed E-state index contributed by atoms with van der Waals surface area (Å²) < 4.78 is 6.47. The van der Waals surface area contributed by atoms with E-state index >= 15 is 0 Å². The van der Waals surface area contributed by atoms with E-state index in [4.69, 9.17) is 4.43 Å². The van der Waals surface area contributed by atoms with Crippen LogP contribution in [0, 0.1) is 17.8 Å². The number of allylic oxidation sites excluding steroid dienone is 1. The second-order valence-electron chi connectivity index (χ2n) is 7.62. The lowest BCUT2D eigenvalue weighted by Crippen LogP contribution is -2.36. The average molecular weight is 293 g/mol. The second-order valence-corrected chi connectivity index (χ2v) is 12.1. The van der Waals surface area contributed by atoms with Gasteiger partial charge in [-0.15, -0.1) is 6.58 Å². The monoisotopic (exact) mass is 292 g/mol. The highest BCUT2D eigenvalue weighted by Crippen LogP contribution is 2.37. The van der Waals surface area contributed by atoms with Gasteiger partial charge in [0.15, 0.2) is 8.32 Å². The van der Waals surface area contributed by atoms with E-state index in [2.05, 4.69) is 44.4 Å². The summed E-state index contributed by atoms with van der Waals surface area (Å²) in [5, 5.41) is 0. The molecule has 0 saturated heterocycles. The summed E-state index contributed by atoms with van der Waals surface area (Å²) in [7, 11) is -1.47. The molecular formula is C18H32OSi. The number of hydrogen-bond acceptors (Lipinski definition) is 1. The van der Waals surface area contributed by atoms with Gasteiger partial charge < -0.3 is 4.43 Å². The van der Waals surface area contributed by atoms with Gasteiger partial charge in [0.05, 0.1) is 6.10 Å². The van der Waals surface area contributed by atoms with Crippen molar-refractivity contribution in [2.75, 3.05) is 0 Å². The first-order valence-electron chi connectivity index (χ1n) is 8.48. The quantitative estimate of drug-likeness (QED) is 0.476. The standard InChI is InChI=1S/C18H32OSi/c1-5-16-13-14-17(18(16)19-20(2,3)4)12-11-15-9-7-6-8-10-15/h5,11-12,15-18H,1,6-10,13-14H2,2-4H3/b12-11+/t16-,17+,18-/m0/s1. The van der Waals surface area contributed by atoms with E-state index in [0.717, 1.165) is 5.92 Å². The Morgan fingerprint density at radius 3 is 2.15 bits per heavy atom. The van der Waals surface area contributed by atoms with Gasteiger partial charge in [0, 0.05) is 11.8 Å². The van der Waals surface area contributed by atoms with E-state index in [1.807, 2.05) is 0 Å². The van der Waals surface area contributed by atoms with Gasteiger partial charge in [-0.25, -0.2) is 0 Å². The first kappa shape index (κ1) is 16.0. The van der Waals surface area contributed by atoms with Gasteiger partial charge in [-0.1, -0.05) is 37.5 Å². The molecule has 0 aromatic rings. The fourth-order valence-corrected chi connectivity index (χ4v) is 4.86. The molecule has 2 fully saturated rings. The summed E-state index contributed by atoms with van der Waals surface area (Å²) in [6.07, 6.45) is 17.1. The second kappa shape index (κ2) is 7.08. The lowest BCUT2D eigenvalue weighted by molar-refractivity contribution is 0.144. The molecule has 0 bridgehead atoms. The van der Waals surface area contributed by atoms with Crippen LogP contribution in [0.25, 0.3) is 0 Å². The topological polar surface area (TPSA) is 9.23 Å². The Labute approximate surface area is 126 Å². The maximum atomic E-state index is 6.47. The zero-order valence-electron chi connectivity index (χ0n) is 13.6. The van der Waals surface area contributed by atoms with Gasteiger partial charge >= 0.3 is 0 Å².